The average molecular weight is 211 g/mol. The fourth-order valence-corrected chi connectivity index (χ4v) is 2.39. The molecule has 1 fully saturated rings. The minimum absolute atomic E-state index is 0.541. The van der Waals surface area contributed by atoms with Crippen LogP contribution in [0.3, 0.4) is 0 Å². The number of hydrogen-bond acceptors (Lipinski definition) is 2. The standard InChI is InChI=1S/C11H15ClN2/c1-8-9(5-6-11(12)13-8)10-4-3-7-14(10)2/h5-6,10H,3-4,7H2,1-2H3/t10-/m1/s1. The molecule has 2 rings (SSSR count). The summed E-state index contributed by atoms with van der Waals surface area (Å²) >= 11 is 5.84. The molecule has 1 aliphatic heterocycles. The molecule has 0 spiro atoms. The molecule has 0 N–H and O–H groups in total. The smallest absolute Gasteiger partial charge is 0.129 e. The summed E-state index contributed by atoms with van der Waals surface area (Å²) in [5.74, 6) is 0. The third-order valence-electron chi connectivity index (χ3n) is 2.97. The molecule has 14 heavy (non-hydrogen) atoms. The minimum Gasteiger partial charge on any atom is -0.299 e. The van der Waals surface area contributed by atoms with Gasteiger partial charge in [0.05, 0.1) is 0 Å². The van der Waals surface area contributed by atoms with E-state index in [9.17, 15) is 0 Å². The van der Waals surface area contributed by atoms with Gasteiger partial charge in [0.15, 0.2) is 0 Å². The molecule has 0 aliphatic carbocycles. The largest absolute Gasteiger partial charge is 0.299 e. The van der Waals surface area contributed by atoms with Gasteiger partial charge in [-0.15, -0.1) is 0 Å². The Bertz CT molecular complexity index is 338. The maximum Gasteiger partial charge on any atom is 0.129 e. The first-order valence-corrected chi connectivity index (χ1v) is 5.39. The van der Waals surface area contributed by atoms with E-state index in [1.165, 1.54) is 24.9 Å². The van der Waals surface area contributed by atoms with Crippen molar-refractivity contribution in [3.8, 4) is 0 Å². The lowest BCUT2D eigenvalue weighted by Gasteiger charge is -2.21. The van der Waals surface area contributed by atoms with Crippen molar-refractivity contribution in [3.63, 3.8) is 0 Å². The summed E-state index contributed by atoms with van der Waals surface area (Å²) in [4.78, 5) is 6.68. The van der Waals surface area contributed by atoms with E-state index in [1.54, 1.807) is 0 Å². The van der Waals surface area contributed by atoms with Gasteiger partial charge in [0.1, 0.15) is 5.15 Å². The lowest BCUT2D eigenvalue weighted by Crippen LogP contribution is -2.18. The van der Waals surface area contributed by atoms with Crippen molar-refractivity contribution in [1.29, 1.82) is 0 Å². The van der Waals surface area contributed by atoms with Crippen molar-refractivity contribution in [2.24, 2.45) is 0 Å². The highest BCUT2D eigenvalue weighted by molar-refractivity contribution is 6.29. The van der Waals surface area contributed by atoms with Gasteiger partial charge < -0.3 is 0 Å². The van der Waals surface area contributed by atoms with Crippen LogP contribution >= 0.6 is 11.6 Å². The third kappa shape index (κ3) is 1.77. The average Bonchev–Trinajstić information content (AvgIpc) is 2.52. The molecule has 0 saturated carbocycles. The summed E-state index contributed by atoms with van der Waals surface area (Å²) in [6.07, 6.45) is 2.52. The molecule has 1 aromatic heterocycles. The third-order valence-corrected chi connectivity index (χ3v) is 3.18. The van der Waals surface area contributed by atoms with Gasteiger partial charge in [0.2, 0.25) is 0 Å². The van der Waals surface area contributed by atoms with Gasteiger partial charge in [-0.1, -0.05) is 17.7 Å². The van der Waals surface area contributed by atoms with E-state index in [0.717, 1.165) is 5.69 Å². The molecule has 3 heteroatoms. The molecule has 0 aromatic carbocycles. The van der Waals surface area contributed by atoms with E-state index in [4.69, 9.17) is 11.6 Å². The second-order valence-corrected chi connectivity index (χ2v) is 4.33. The normalized spacial score (nSPS) is 22.9. The van der Waals surface area contributed by atoms with Crippen LogP contribution in [0.4, 0.5) is 0 Å². The first-order chi connectivity index (χ1) is 6.68. The molecular formula is C11H15ClN2. The Kier molecular flexibility index (Phi) is 2.75. The van der Waals surface area contributed by atoms with Crippen LogP contribution in [0.1, 0.15) is 30.1 Å². The van der Waals surface area contributed by atoms with Gasteiger partial charge in [0.25, 0.3) is 0 Å². The molecule has 1 atom stereocenters. The molecule has 2 heterocycles. The zero-order chi connectivity index (χ0) is 10.1. The highest BCUT2D eigenvalue weighted by Crippen LogP contribution is 2.31. The maximum absolute atomic E-state index is 5.84. The maximum atomic E-state index is 5.84. The monoisotopic (exact) mass is 210 g/mol. The van der Waals surface area contributed by atoms with Crippen molar-refractivity contribution in [3.05, 3.63) is 28.5 Å². The second-order valence-electron chi connectivity index (χ2n) is 3.95. The number of aromatic nitrogens is 1. The van der Waals surface area contributed by atoms with Crippen molar-refractivity contribution < 1.29 is 0 Å². The highest BCUT2D eigenvalue weighted by atomic mass is 35.5. The SMILES string of the molecule is Cc1nc(Cl)ccc1[C@H]1CCCN1C. The summed E-state index contributed by atoms with van der Waals surface area (Å²) < 4.78 is 0. The van der Waals surface area contributed by atoms with Gasteiger partial charge >= 0.3 is 0 Å². The van der Waals surface area contributed by atoms with Crippen LogP contribution in [-0.4, -0.2) is 23.5 Å². The van der Waals surface area contributed by atoms with Crippen LogP contribution in [0, 0.1) is 6.92 Å². The van der Waals surface area contributed by atoms with Crippen LogP contribution in [0.15, 0.2) is 12.1 Å². The van der Waals surface area contributed by atoms with Gasteiger partial charge in [-0.3, -0.25) is 4.90 Å². The van der Waals surface area contributed by atoms with Crippen LogP contribution in [0.2, 0.25) is 5.15 Å². The highest BCUT2D eigenvalue weighted by Gasteiger charge is 2.24. The number of nitrogens with zero attached hydrogens (tertiary/aromatic N) is 2. The number of aryl methyl sites for hydroxylation is 1. The predicted molar refractivity (Wildman–Crippen MR) is 58.6 cm³/mol. The molecule has 0 amide bonds. The van der Waals surface area contributed by atoms with E-state index in [0.29, 0.717) is 11.2 Å². The minimum atomic E-state index is 0.541. The molecule has 0 unspecified atom stereocenters. The zero-order valence-electron chi connectivity index (χ0n) is 8.63. The quantitative estimate of drug-likeness (QED) is 0.663. The van der Waals surface area contributed by atoms with Crippen molar-refractivity contribution in [2.75, 3.05) is 13.6 Å². The van der Waals surface area contributed by atoms with Gasteiger partial charge in [0, 0.05) is 11.7 Å². The molecule has 76 valence electrons. The first-order valence-electron chi connectivity index (χ1n) is 5.02. The topological polar surface area (TPSA) is 16.1 Å². The summed E-state index contributed by atoms with van der Waals surface area (Å²) in [5.41, 5.74) is 2.39. The summed E-state index contributed by atoms with van der Waals surface area (Å²) in [6.45, 7) is 3.22. The summed E-state index contributed by atoms with van der Waals surface area (Å²) in [7, 11) is 2.17. The van der Waals surface area contributed by atoms with Gasteiger partial charge in [-0.05, 0) is 45.0 Å². The van der Waals surface area contributed by atoms with Crippen LogP contribution in [0.5, 0.6) is 0 Å². The second kappa shape index (κ2) is 3.87. The summed E-state index contributed by atoms with van der Waals surface area (Å²) in [5, 5.41) is 0.590. The molecule has 2 nitrogen and oxygen atoms in total. The van der Waals surface area contributed by atoms with E-state index < -0.39 is 0 Å². The number of pyridine rings is 1. The van der Waals surface area contributed by atoms with Gasteiger partial charge in [-0.2, -0.15) is 0 Å². The first kappa shape index (κ1) is 9.94. The Balaban J connectivity index is 2.31. The molecular weight excluding hydrogens is 196 g/mol. The Morgan fingerprint density at radius 1 is 1.50 bits per heavy atom. The van der Waals surface area contributed by atoms with E-state index in [-0.39, 0.29) is 0 Å². The fourth-order valence-electron chi connectivity index (χ4n) is 2.20. The molecule has 1 aliphatic rings. The lowest BCUT2D eigenvalue weighted by atomic mass is 10.0. The Labute approximate surface area is 89.9 Å². The molecule has 1 saturated heterocycles. The van der Waals surface area contributed by atoms with Crippen molar-refractivity contribution in [2.45, 2.75) is 25.8 Å². The van der Waals surface area contributed by atoms with Crippen molar-refractivity contribution >= 4 is 11.6 Å². The molecule has 0 bridgehead atoms. The fraction of sp³-hybridized carbons (Fsp3) is 0.545. The summed E-state index contributed by atoms with van der Waals surface area (Å²) in [6, 6.07) is 4.53. The molecule has 0 radical (unpaired) electrons. The molecule has 1 aromatic rings. The van der Waals surface area contributed by atoms with E-state index in [1.807, 2.05) is 13.0 Å². The van der Waals surface area contributed by atoms with Crippen molar-refractivity contribution in [1.82, 2.24) is 9.88 Å². The van der Waals surface area contributed by atoms with Gasteiger partial charge in [-0.25, -0.2) is 4.98 Å². The van der Waals surface area contributed by atoms with Crippen LogP contribution in [0.25, 0.3) is 0 Å². The zero-order valence-corrected chi connectivity index (χ0v) is 9.38. The Morgan fingerprint density at radius 2 is 2.29 bits per heavy atom. The van der Waals surface area contributed by atoms with E-state index in [2.05, 4.69) is 23.0 Å². The number of halogens is 1. The number of rotatable bonds is 1. The number of hydrogen-bond donors (Lipinski definition) is 0. The predicted octanol–water partition coefficient (Wildman–Crippen LogP) is 2.81. The van der Waals surface area contributed by atoms with E-state index >= 15 is 0 Å². The Morgan fingerprint density at radius 3 is 2.86 bits per heavy atom. The van der Waals surface area contributed by atoms with Crippen LogP contribution < -0.4 is 0 Å². The van der Waals surface area contributed by atoms with Crippen LogP contribution in [-0.2, 0) is 0 Å². The Hall–Kier alpha value is -0.600. The lowest BCUT2D eigenvalue weighted by molar-refractivity contribution is 0.316. The number of likely N-dealkylation sites (tertiary alicyclic amines) is 1.